The van der Waals surface area contributed by atoms with Crippen molar-refractivity contribution in [1.29, 1.82) is 0 Å². The lowest BCUT2D eigenvalue weighted by Crippen LogP contribution is -2.61. The Labute approximate surface area is 114 Å². The van der Waals surface area contributed by atoms with Crippen molar-refractivity contribution in [3.05, 3.63) is 16.6 Å². The van der Waals surface area contributed by atoms with E-state index in [1.165, 1.54) is 5.01 Å². The van der Waals surface area contributed by atoms with E-state index in [-0.39, 0.29) is 5.41 Å². The first-order chi connectivity index (χ1) is 8.55. The SMILES string of the molecule is CCOC1CC(NCC(C)c2nccs2)C1(C)C. The fourth-order valence-electron chi connectivity index (χ4n) is 2.60. The van der Waals surface area contributed by atoms with Crippen LogP contribution in [0, 0.1) is 5.41 Å². The molecule has 0 aromatic carbocycles. The largest absolute Gasteiger partial charge is 0.378 e. The molecule has 3 atom stereocenters. The first kappa shape index (κ1) is 14.0. The molecule has 2 rings (SSSR count). The maximum atomic E-state index is 5.75. The van der Waals surface area contributed by atoms with Crippen LogP contribution in [0.5, 0.6) is 0 Å². The average molecular weight is 268 g/mol. The molecule has 18 heavy (non-hydrogen) atoms. The van der Waals surface area contributed by atoms with Gasteiger partial charge in [0.25, 0.3) is 0 Å². The molecule has 0 aliphatic heterocycles. The van der Waals surface area contributed by atoms with E-state index >= 15 is 0 Å². The monoisotopic (exact) mass is 268 g/mol. The molecule has 0 radical (unpaired) electrons. The summed E-state index contributed by atoms with van der Waals surface area (Å²) in [6, 6.07) is 0.566. The lowest BCUT2D eigenvalue weighted by atomic mass is 9.64. The third-order valence-electron chi connectivity index (χ3n) is 4.09. The Morgan fingerprint density at radius 2 is 2.39 bits per heavy atom. The molecule has 1 aromatic heterocycles. The number of hydrogen-bond acceptors (Lipinski definition) is 4. The van der Waals surface area contributed by atoms with Crippen LogP contribution in [0.4, 0.5) is 0 Å². The van der Waals surface area contributed by atoms with Gasteiger partial charge in [0, 0.05) is 42.1 Å². The van der Waals surface area contributed by atoms with Gasteiger partial charge < -0.3 is 10.1 Å². The molecule has 0 amide bonds. The van der Waals surface area contributed by atoms with E-state index in [2.05, 4.69) is 38.0 Å². The molecule has 1 aromatic rings. The molecule has 1 heterocycles. The smallest absolute Gasteiger partial charge is 0.0965 e. The van der Waals surface area contributed by atoms with Crippen molar-refractivity contribution in [3.8, 4) is 0 Å². The van der Waals surface area contributed by atoms with Gasteiger partial charge in [0.15, 0.2) is 0 Å². The van der Waals surface area contributed by atoms with Crippen LogP contribution < -0.4 is 5.32 Å². The van der Waals surface area contributed by atoms with Crippen molar-refractivity contribution in [1.82, 2.24) is 10.3 Å². The topological polar surface area (TPSA) is 34.1 Å². The summed E-state index contributed by atoms with van der Waals surface area (Å²) in [7, 11) is 0. The Balaban J connectivity index is 1.78. The second-order valence-electron chi connectivity index (χ2n) is 5.73. The number of rotatable bonds is 6. The summed E-state index contributed by atoms with van der Waals surface area (Å²) in [6.45, 7) is 10.7. The molecule has 4 heteroatoms. The van der Waals surface area contributed by atoms with Gasteiger partial charge >= 0.3 is 0 Å². The molecule has 1 aliphatic carbocycles. The first-order valence-corrected chi connectivity index (χ1v) is 7.68. The maximum Gasteiger partial charge on any atom is 0.0965 e. The van der Waals surface area contributed by atoms with Gasteiger partial charge in [0.05, 0.1) is 11.1 Å². The quantitative estimate of drug-likeness (QED) is 0.861. The van der Waals surface area contributed by atoms with E-state index in [1.54, 1.807) is 11.3 Å². The highest BCUT2D eigenvalue weighted by atomic mass is 32.1. The average Bonchev–Trinajstić information content (AvgIpc) is 2.86. The van der Waals surface area contributed by atoms with Crippen LogP contribution in [-0.2, 0) is 4.74 Å². The molecule has 1 aliphatic rings. The second kappa shape index (κ2) is 5.68. The highest BCUT2D eigenvalue weighted by Gasteiger charge is 2.48. The van der Waals surface area contributed by atoms with Gasteiger partial charge in [0.1, 0.15) is 0 Å². The Morgan fingerprint density at radius 1 is 1.61 bits per heavy atom. The normalized spacial score (nSPS) is 27.8. The molecule has 3 unspecified atom stereocenters. The Hall–Kier alpha value is -0.450. The Kier molecular flexibility index (Phi) is 4.41. The Morgan fingerprint density at radius 3 is 2.94 bits per heavy atom. The van der Waals surface area contributed by atoms with E-state index in [1.807, 2.05) is 11.6 Å². The molecule has 1 fully saturated rings. The van der Waals surface area contributed by atoms with Gasteiger partial charge in [-0.15, -0.1) is 11.3 Å². The molecule has 1 N–H and O–H groups in total. The van der Waals surface area contributed by atoms with Crippen molar-refractivity contribution in [3.63, 3.8) is 0 Å². The van der Waals surface area contributed by atoms with Gasteiger partial charge in [-0.2, -0.15) is 0 Å². The maximum absolute atomic E-state index is 5.75. The predicted octanol–water partition coefficient (Wildman–Crippen LogP) is 3.04. The van der Waals surface area contributed by atoms with Crippen molar-refractivity contribution < 1.29 is 4.74 Å². The zero-order valence-electron chi connectivity index (χ0n) is 11.8. The summed E-state index contributed by atoms with van der Waals surface area (Å²) in [5.74, 6) is 0.493. The highest BCUT2D eigenvalue weighted by Crippen LogP contribution is 2.42. The fraction of sp³-hybridized carbons (Fsp3) is 0.786. The summed E-state index contributed by atoms with van der Waals surface area (Å²) in [4.78, 5) is 4.37. The number of ether oxygens (including phenoxy) is 1. The molecular formula is C14H24N2OS. The molecular weight excluding hydrogens is 244 g/mol. The van der Waals surface area contributed by atoms with Gasteiger partial charge in [-0.1, -0.05) is 20.8 Å². The van der Waals surface area contributed by atoms with Crippen LogP contribution >= 0.6 is 11.3 Å². The van der Waals surface area contributed by atoms with Crippen LogP contribution in [0.1, 0.15) is 45.0 Å². The molecule has 0 saturated heterocycles. The van der Waals surface area contributed by atoms with Crippen LogP contribution in [0.25, 0.3) is 0 Å². The van der Waals surface area contributed by atoms with Crippen LogP contribution in [-0.4, -0.2) is 30.3 Å². The third-order valence-corrected chi connectivity index (χ3v) is 5.10. The van der Waals surface area contributed by atoms with E-state index < -0.39 is 0 Å². The fourth-order valence-corrected chi connectivity index (χ4v) is 3.30. The van der Waals surface area contributed by atoms with Crippen LogP contribution in [0.2, 0.25) is 0 Å². The van der Waals surface area contributed by atoms with Crippen molar-refractivity contribution >= 4 is 11.3 Å². The Bertz CT molecular complexity index is 364. The zero-order valence-corrected chi connectivity index (χ0v) is 12.6. The van der Waals surface area contributed by atoms with Crippen molar-refractivity contribution in [2.75, 3.05) is 13.2 Å². The van der Waals surface area contributed by atoms with Gasteiger partial charge in [-0.3, -0.25) is 0 Å². The third kappa shape index (κ3) is 2.76. The highest BCUT2D eigenvalue weighted by molar-refractivity contribution is 7.09. The predicted molar refractivity (Wildman–Crippen MR) is 76.1 cm³/mol. The van der Waals surface area contributed by atoms with E-state index in [4.69, 9.17) is 4.74 Å². The van der Waals surface area contributed by atoms with Crippen LogP contribution in [0.3, 0.4) is 0 Å². The molecule has 0 bridgehead atoms. The molecule has 3 nitrogen and oxygen atoms in total. The van der Waals surface area contributed by atoms with E-state index in [0.29, 0.717) is 18.1 Å². The minimum Gasteiger partial charge on any atom is -0.378 e. The molecule has 102 valence electrons. The van der Waals surface area contributed by atoms with Crippen molar-refractivity contribution in [2.45, 2.75) is 52.2 Å². The zero-order chi connectivity index (χ0) is 13.2. The lowest BCUT2D eigenvalue weighted by molar-refractivity contribution is -0.114. The minimum absolute atomic E-state index is 0.249. The number of hydrogen-bond donors (Lipinski definition) is 1. The summed E-state index contributed by atoms with van der Waals surface area (Å²) < 4.78 is 5.75. The lowest BCUT2D eigenvalue weighted by Gasteiger charge is -2.52. The summed E-state index contributed by atoms with van der Waals surface area (Å²) in [6.07, 6.45) is 3.43. The summed E-state index contributed by atoms with van der Waals surface area (Å²) >= 11 is 1.74. The van der Waals surface area contributed by atoms with Gasteiger partial charge in [-0.25, -0.2) is 4.98 Å². The molecule has 0 spiro atoms. The van der Waals surface area contributed by atoms with Gasteiger partial charge in [0.2, 0.25) is 0 Å². The minimum atomic E-state index is 0.249. The molecule has 1 saturated carbocycles. The summed E-state index contributed by atoms with van der Waals surface area (Å²) in [5.41, 5.74) is 0.249. The number of nitrogens with one attached hydrogen (secondary N) is 1. The van der Waals surface area contributed by atoms with Gasteiger partial charge in [-0.05, 0) is 13.3 Å². The van der Waals surface area contributed by atoms with Crippen molar-refractivity contribution in [2.24, 2.45) is 5.41 Å². The van der Waals surface area contributed by atoms with E-state index in [9.17, 15) is 0 Å². The number of nitrogens with zero attached hydrogens (tertiary/aromatic N) is 1. The second-order valence-corrected chi connectivity index (χ2v) is 6.66. The first-order valence-electron chi connectivity index (χ1n) is 6.80. The standard InChI is InChI=1S/C14H24N2OS/c1-5-17-12-8-11(14(12,3)4)16-9-10(2)13-15-6-7-18-13/h6-7,10-12,16H,5,8-9H2,1-4H3. The van der Waals surface area contributed by atoms with Crippen LogP contribution in [0.15, 0.2) is 11.6 Å². The number of thiazole rings is 1. The van der Waals surface area contributed by atoms with E-state index in [0.717, 1.165) is 19.6 Å². The number of aromatic nitrogens is 1. The summed E-state index contributed by atoms with van der Waals surface area (Å²) in [5, 5.41) is 6.94.